The number of hydrogen-bond acceptors (Lipinski definition) is 35. The number of aliphatic hydroxyl groups is 3. The zero-order chi connectivity index (χ0) is 98.2. The number of methoxy groups -OCH3 is 4. The van der Waals surface area contributed by atoms with Crippen LogP contribution in [0.2, 0.25) is 0 Å². The Kier molecular flexibility index (Phi) is 21.3. The summed E-state index contributed by atoms with van der Waals surface area (Å²) >= 11 is 0. The Morgan fingerprint density at radius 3 is 1.43 bits per heavy atom. The number of ether oxygens (including phenoxy) is 20. The predicted molar refractivity (Wildman–Crippen MR) is 466 cm³/mol. The van der Waals surface area contributed by atoms with Crippen molar-refractivity contribution in [2.45, 2.75) is 351 Å². The standard InChI is InChI=1S/C19H22O7.C17H22O6.C17H20O6.C17H24O6.C16H18O5.C15H20O5.C2H6/c1-17-5-4-6-18(2)14(17)13(25-16(18)22)15-19(26-15)9(17)7-12(21)24-10(19)8-11(20)23-3;2*1-15-5-4-6-16(2)11(15)10(22-13(16)19)12-17(23-12)8(15)7-9(18)21-14(17)20-3;1-16-5-4-6-17(2)13(16)12(23-15(17)20)11(19)10-8(16)7-9(18)22-14(10)21-3;1-14-4-3-5-15(2)11(14)10(20-13(15)18)12-16(21-12)7-19-9(17)6-8(14)16;1-14-5-2-3-8-9(4-6-16)15(7-17)12(20-15)11(10(8)14)19-13(14)18;1-2/h7,10,13-15H,4-6,8H2,1-3H3;8,10-12,14H,4-7H2,1-3H3;7,10-12,14H,4-6H2,1-3H3;8,10-14,19H,4-7H2,1-3H3;6,10-12H,3-5,7H2,1-2H3;4,8,10-12,16-17H,2-3,5-7H2,1H3;1-2H3/b;;;;;9-4-;/t10?,13-,14+,15?,17+,18?,19?;8?,10-,11?,12?,14?,15+,16?,17?;10-,11+,12?,14?,15+,16?,17?;8-,10+,11?,12+,13+,14?,16+,17?;10-,11?,12?,14+,15?,16?;8?,10?,11-,12?,14?,15?;/m000000./s1. The second kappa shape index (κ2) is 30.9. The Bertz CT molecular complexity index is 5370. The van der Waals surface area contributed by atoms with Gasteiger partial charge >= 0.3 is 71.6 Å². The second-order valence-corrected chi connectivity index (χ2v) is 47.4. The molecule has 0 aromatic heterocycles. The molecule has 12 saturated carbocycles. The summed E-state index contributed by atoms with van der Waals surface area (Å²) in [5.74, 6) is -2.95. The van der Waals surface area contributed by atoms with Gasteiger partial charge in [0, 0.05) is 87.4 Å². The topological polar surface area (TPSA) is 467 Å². The van der Waals surface area contributed by atoms with Crippen LogP contribution in [0, 0.1) is 119 Å². The van der Waals surface area contributed by atoms with Crippen LogP contribution in [0.5, 0.6) is 0 Å². The molecule has 3 N–H and O–H groups in total. The Balaban J connectivity index is 0.0000000954. The van der Waals surface area contributed by atoms with E-state index >= 15 is 0 Å². The largest absolute Gasteiger partial charge is 0.469 e. The summed E-state index contributed by atoms with van der Waals surface area (Å²) in [7, 11) is 5.83. The monoisotopic (exact) mass is 1930 g/mol. The molecule has 12 aliphatic carbocycles. The first-order chi connectivity index (χ1) is 65.3. The van der Waals surface area contributed by atoms with Crippen molar-refractivity contribution in [3.05, 3.63) is 46.6 Å². The number of cyclic esters (lactones) is 5. The molecule has 0 bridgehead atoms. The molecule has 28 rings (SSSR count). The van der Waals surface area contributed by atoms with Gasteiger partial charge in [-0.25, -0.2) is 14.4 Å². The molecule has 0 aromatic carbocycles. The number of hydrogen-bond donors (Lipinski definition) is 3. The molecule has 0 aromatic rings. The van der Waals surface area contributed by atoms with Crippen molar-refractivity contribution in [3.8, 4) is 0 Å². The SMILES string of the molecule is CC.CC12CCCC3/C(=C/CO)C4(CO)OC4[C@@H](OC1=O)C32.CC12CCC[C@]3(C)C4=CC(=O)OCC45OC5[C@@H](OC1=O)C23.COC(=O)CC1OC(=O)C=C2C13OC3[C@H]1OC(=O)C3(C)CCC[C@@]2(C)[C@@H]13.COC1OC(=O)C=C2C13OC3[C@H]1OC(=O)C3(C)CCC[C@@]2(C)[C@@H]13.COC1OC(=O)CC2C13OC3[C@H]1OC(=O)C3(C)CCC[C@@]2(C)C13.COC1OC(=O)C[C@H]2[C@@H]1C(O)[C@H]1OC(=O)C3(C)CCC[C@@]2(C)[C@@H]13. The highest BCUT2D eigenvalue weighted by Crippen LogP contribution is 2.79. The van der Waals surface area contributed by atoms with Crippen molar-refractivity contribution in [2.75, 3.05) is 48.3 Å². The normalized spacial score (nSPS) is 54.4. The number of esters is 12. The van der Waals surface area contributed by atoms with Crippen LogP contribution in [0.3, 0.4) is 0 Å². The summed E-state index contributed by atoms with van der Waals surface area (Å²) in [6.45, 7) is 26.8. The number of rotatable bonds is 7. The van der Waals surface area contributed by atoms with Crippen LogP contribution in [0.15, 0.2) is 46.6 Å². The molecule has 138 heavy (non-hydrogen) atoms. The minimum absolute atomic E-state index is 0.0153. The second-order valence-electron chi connectivity index (χ2n) is 47.4. The van der Waals surface area contributed by atoms with Crippen LogP contribution in [0.1, 0.15) is 225 Å². The highest BCUT2D eigenvalue weighted by Gasteiger charge is 2.89. The van der Waals surface area contributed by atoms with Gasteiger partial charge in [-0.2, -0.15) is 0 Å². The maximum Gasteiger partial charge on any atom is 0.333 e. The molecule has 16 aliphatic heterocycles. The smallest absolute Gasteiger partial charge is 0.333 e. The molecule has 35 nitrogen and oxygen atoms in total. The predicted octanol–water partition coefficient (Wildman–Crippen LogP) is 8.07. The Morgan fingerprint density at radius 1 is 0.428 bits per heavy atom. The third-order valence-corrected chi connectivity index (χ3v) is 41.3. The van der Waals surface area contributed by atoms with Gasteiger partial charge in [0.2, 0.25) is 18.9 Å². The van der Waals surface area contributed by atoms with Crippen molar-refractivity contribution in [1.29, 1.82) is 0 Å². The molecule has 0 radical (unpaired) electrons. The van der Waals surface area contributed by atoms with Crippen molar-refractivity contribution in [1.82, 2.24) is 0 Å². The van der Waals surface area contributed by atoms with Gasteiger partial charge in [-0.15, -0.1) is 0 Å². The summed E-state index contributed by atoms with van der Waals surface area (Å²) in [6.07, 6.45) is 16.2. The van der Waals surface area contributed by atoms with E-state index in [2.05, 4.69) is 34.6 Å². The molecule has 754 valence electrons. The van der Waals surface area contributed by atoms with Gasteiger partial charge in [-0.05, 0) is 180 Å². The fourth-order valence-electron chi connectivity index (χ4n) is 35.6. The molecular weight excluding hydrogens is 1800 g/mol. The molecule has 16 heterocycles. The average molecular weight is 1930 g/mol. The first kappa shape index (κ1) is 95.0. The highest BCUT2D eigenvalue weighted by molar-refractivity contribution is 5.91. The van der Waals surface area contributed by atoms with E-state index < -0.39 is 121 Å². The molecule has 35 heteroatoms. The molecular formula is C103H132O35. The lowest BCUT2D eigenvalue weighted by Crippen LogP contribution is -2.65. The molecule has 42 atom stereocenters. The van der Waals surface area contributed by atoms with E-state index in [1.54, 1.807) is 18.2 Å². The zero-order valence-corrected chi connectivity index (χ0v) is 81.7. The van der Waals surface area contributed by atoms with Crippen molar-refractivity contribution >= 4 is 71.6 Å². The van der Waals surface area contributed by atoms with E-state index in [0.29, 0.717) is 6.42 Å². The number of fused-ring (bicyclic) bond motifs is 12. The van der Waals surface area contributed by atoms with Crippen molar-refractivity contribution < 1.29 is 168 Å². The van der Waals surface area contributed by atoms with E-state index in [1.165, 1.54) is 34.5 Å². The summed E-state index contributed by atoms with van der Waals surface area (Å²) in [4.78, 5) is 147. The van der Waals surface area contributed by atoms with Crippen LogP contribution in [0.4, 0.5) is 0 Å². The lowest BCUT2D eigenvalue weighted by molar-refractivity contribution is -0.266. The van der Waals surface area contributed by atoms with Gasteiger partial charge in [-0.1, -0.05) is 93.1 Å². The summed E-state index contributed by atoms with van der Waals surface area (Å²) in [5.41, 5.74) is -3.98. The summed E-state index contributed by atoms with van der Waals surface area (Å²) in [5, 5.41) is 30.0. The number of carbonyl (C=O) groups is 12. The lowest BCUT2D eigenvalue weighted by atomic mass is 9.44. The molecule has 4 spiro atoms. The molecule has 13 saturated heterocycles. The van der Waals surface area contributed by atoms with Crippen molar-refractivity contribution in [3.63, 3.8) is 0 Å². The minimum atomic E-state index is -0.874. The van der Waals surface area contributed by atoms with Gasteiger partial charge in [0.15, 0.2) is 22.4 Å². The van der Waals surface area contributed by atoms with E-state index in [0.717, 1.165) is 138 Å². The number of aliphatic hydroxyl groups excluding tert-OH is 3. The van der Waals surface area contributed by atoms with Crippen LogP contribution < -0.4 is 0 Å². The van der Waals surface area contributed by atoms with E-state index in [1.807, 2.05) is 55.4 Å². The number of carbonyl (C=O) groups excluding carboxylic acids is 12. The van der Waals surface area contributed by atoms with E-state index in [9.17, 15) is 72.9 Å². The quantitative estimate of drug-likeness (QED) is 0.0938. The average Bonchev–Trinajstić information content (AvgIpc) is 1.36. The third kappa shape index (κ3) is 12.0. The molecule has 25 fully saturated rings. The van der Waals surface area contributed by atoms with Crippen LogP contribution in [-0.4, -0.2) is 261 Å². The lowest BCUT2D eigenvalue weighted by Gasteiger charge is -2.60. The molecule has 26 unspecified atom stereocenters. The highest BCUT2D eigenvalue weighted by atomic mass is 16.8. The van der Waals surface area contributed by atoms with Gasteiger partial charge in [0.25, 0.3) is 0 Å². The Hall–Kier alpha value is -7.84. The van der Waals surface area contributed by atoms with Crippen LogP contribution in [-0.2, 0) is 152 Å². The zero-order valence-electron chi connectivity index (χ0n) is 81.7. The minimum Gasteiger partial charge on any atom is -0.469 e. The van der Waals surface area contributed by atoms with Gasteiger partial charge in [0.05, 0.1) is 71.6 Å². The van der Waals surface area contributed by atoms with E-state index in [-0.39, 0.29) is 228 Å². The molecule has 28 aliphatic rings. The Morgan fingerprint density at radius 2 is 0.884 bits per heavy atom. The molecule has 0 amide bonds. The first-order valence-corrected chi connectivity index (χ1v) is 50.4. The van der Waals surface area contributed by atoms with Gasteiger partial charge in [-0.3, -0.25) is 43.2 Å². The maximum atomic E-state index is 12.7. The van der Waals surface area contributed by atoms with Crippen LogP contribution >= 0.6 is 0 Å². The summed E-state index contributed by atoms with van der Waals surface area (Å²) in [6, 6.07) is 0. The van der Waals surface area contributed by atoms with Crippen LogP contribution in [0.25, 0.3) is 0 Å². The van der Waals surface area contributed by atoms with E-state index in [4.69, 9.17) is 94.7 Å². The Labute approximate surface area is 800 Å². The maximum absolute atomic E-state index is 12.7. The fraction of sp³-hybridized carbons (Fsp3) is 0.806. The third-order valence-electron chi connectivity index (χ3n) is 41.3. The first-order valence-electron chi connectivity index (χ1n) is 50.4. The van der Waals surface area contributed by atoms with Crippen molar-refractivity contribution in [2.24, 2.45) is 119 Å². The van der Waals surface area contributed by atoms with Gasteiger partial charge < -0.3 is 110 Å². The fourth-order valence-corrected chi connectivity index (χ4v) is 35.6. The summed E-state index contributed by atoms with van der Waals surface area (Å²) < 4.78 is 112. The number of epoxide rings is 5. The van der Waals surface area contributed by atoms with Gasteiger partial charge in [0.1, 0.15) is 91.6 Å².